The fourth-order valence-electron chi connectivity index (χ4n) is 4.35. The van der Waals surface area contributed by atoms with E-state index in [9.17, 15) is 0 Å². The van der Waals surface area contributed by atoms with Crippen LogP contribution < -0.4 is 0 Å². The van der Waals surface area contributed by atoms with Crippen molar-refractivity contribution in [3.8, 4) is 0 Å². The maximum atomic E-state index is 5.82. The van der Waals surface area contributed by atoms with Gasteiger partial charge in [-0.15, -0.1) is 0 Å². The summed E-state index contributed by atoms with van der Waals surface area (Å²) < 4.78 is 11.6. The van der Waals surface area contributed by atoms with Crippen molar-refractivity contribution in [1.82, 2.24) is 0 Å². The normalized spacial score (nSPS) is 24.5. The molecule has 2 fully saturated rings. The molecular formula is C24H30O2. The number of hydrogen-bond acceptors (Lipinski definition) is 2. The molecule has 138 valence electrons. The molecule has 1 aliphatic carbocycles. The zero-order valence-corrected chi connectivity index (χ0v) is 15.8. The summed E-state index contributed by atoms with van der Waals surface area (Å²) in [5.41, 5.74) is 5.61. The molecule has 0 aromatic heterocycles. The van der Waals surface area contributed by atoms with Crippen LogP contribution in [0, 0.1) is 12.8 Å². The summed E-state index contributed by atoms with van der Waals surface area (Å²) in [5.74, 6) is 1.29. The predicted octanol–water partition coefficient (Wildman–Crippen LogP) is 5.62. The van der Waals surface area contributed by atoms with E-state index in [-0.39, 0.29) is 6.29 Å². The Kier molecular flexibility index (Phi) is 5.72. The van der Waals surface area contributed by atoms with Gasteiger partial charge in [0.1, 0.15) is 0 Å². The highest BCUT2D eigenvalue weighted by molar-refractivity contribution is 5.31. The number of rotatable bonds is 4. The highest BCUT2D eigenvalue weighted by Gasteiger charge is 2.30. The first kappa shape index (κ1) is 17.8. The molecule has 1 saturated heterocycles. The van der Waals surface area contributed by atoms with E-state index in [4.69, 9.17) is 9.47 Å². The minimum atomic E-state index is 0.0570. The van der Waals surface area contributed by atoms with Gasteiger partial charge in [0, 0.05) is 5.92 Å². The molecule has 0 amide bonds. The lowest BCUT2D eigenvalue weighted by atomic mass is 9.78. The van der Waals surface area contributed by atoms with Crippen LogP contribution in [0.1, 0.15) is 60.3 Å². The van der Waals surface area contributed by atoms with Gasteiger partial charge >= 0.3 is 0 Å². The summed E-state index contributed by atoms with van der Waals surface area (Å²) in [7, 11) is 0. The van der Waals surface area contributed by atoms with Crippen LogP contribution in [0.3, 0.4) is 0 Å². The first-order chi connectivity index (χ1) is 12.8. The van der Waals surface area contributed by atoms with Crippen LogP contribution in [0.25, 0.3) is 0 Å². The summed E-state index contributed by atoms with van der Waals surface area (Å²) in [5, 5.41) is 0. The molecule has 2 aromatic carbocycles. The average Bonchev–Trinajstić information content (AvgIpc) is 2.71. The molecular weight excluding hydrogens is 320 g/mol. The molecule has 1 saturated carbocycles. The van der Waals surface area contributed by atoms with Gasteiger partial charge in [0.25, 0.3) is 0 Å². The van der Waals surface area contributed by atoms with Crippen molar-refractivity contribution in [3.63, 3.8) is 0 Å². The number of aryl methyl sites for hydroxylation is 1. The van der Waals surface area contributed by atoms with E-state index >= 15 is 0 Å². The zero-order chi connectivity index (χ0) is 17.8. The molecule has 0 spiro atoms. The quantitative estimate of drug-likeness (QED) is 0.712. The average molecular weight is 351 g/mol. The predicted molar refractivity (Wildman–Crippen MR) is 105 cm³/mol. The van der Waals surface area contributed by atoms with Gasteiger partial charge in [0.15, 0.2) is 6.29 Å². The summed E-state index contributed by atoms with van der Waals surface area (Å²) in [6, 6.07) is 18.2. The highest BCUT2D eigenvalue weighted by Crippen LogP contribution is 2.38. The third kappa shape index (κ3) is 4.36. The van der Waals surface area contributed by atoms with E-state index < -0.39 is 0 Å². The lowest BCUT2D eigenvalue weighted by Gasteiger charge is -2.35. The summed E-state index contributed by atoms with van der Waals surface area (Å²) in [6.45, 7) is 3.87. The van der Waals surface area contributed by atoms with E-state index in [1.807, 2.05) is 0 Å². The SMILES string of the molecule is Cc1ccc(Cc2ccc(C3CCC(C4OCCCO4)CC3)cc2)cc1. The molecule has 1 heterocycles. The van der Waals surface area contributed by atoms with Crippen LogP contribution in [0.5, 0.6) is 0 Å². The lowest BCUT2D eigenvalue weighted by Crippen LogP contribution is -2.34. The van der Waals surface area contributed by atoms with E-state index in [1.54, 1.807) is 0 Å². The number of hydrogen-bond donors (Lipinski definition) is 0. The van der Waals surface area contributed by atoms with Crippen molar-refractivity contribution < 1.29 is 9.47 Å². The molecule has 2 aliphatic rings. The summed E-state index contributed by atoms with van der Waals surface area (Å²) >= 11 is 0. The molecule has 0 N–H and O–H groups in total. The van der Waals surface area contributed by atoms with Crippen molar-refractivity contribution in [2.75, 3.05) is 13.2 Å². The Bertz CT molecular complexity index is 675. The van der Waals surface area contributed by atoms with Gasteiger partial charge < -0.3 is 9.47 Å². The fraction of sp³-hybridized carbons (Fsp3) is 0.500. The lowest BCUT2D eigenvalue weighted by molar-refractivity contribution is -0.209. The third-order valence-electron chi connectivity index (χ3n) is 5.99. The van der Waals surface area contributed by atoms with Crippen LogP contribution in [-0.4, -0.2) is 19.5 Å². The Balaban J connectivity index is 1.32. The van der Waals surface area contributed by atoms with E-state index in [0.29, 0.717) is 11.8 Å². The Morgan fingerprint density at radius 3 is 1.96 bits per heavy atom. The van der Waals surface area contributed by atoms with Crippen molar-refractivity contribution in [1.29, 1.82) is 0 Å². The number of ether oxygens (including phenoxy) is 2. The monoisotopic (exact) mass is 350 g/mol. The zero-order valence-electron chi connectivity index (χ0n) is 15.8. The van der Waals surface area contributed by atoms with Gasteiger partial charge in [-0.05, 0) is 68.1 Å². The summed E-state index contributed by atoms with van der Waals surface area (Å²) in [4.78, 5) is 0. The van der Waals surface area contributed by atoms with Gasteiger partial charge in [0.05, 0.1) is 13.2 Å². The molecule has 0 radical (unpaired) electrons. The Labute approximate surface area is 157 Å². The second kappa shape index (κ2) is 8.37. The van der Waals surface area contributed by atoms with Gasteiger partial charge in [-0.1, -0.05) is 54.1 Å². The van der Waals surface area contributed by atoms with E-state index in [2.05, 4.69) is 55.5 Å². The van der Waals surface area contributed by atoms with Crippen molar-refractivity contribution in [2.45, 2.75) is 57.7 Å². The molecule has 26 heavy (non-hydrogen) atoms. The molecule has 1 aliphatic heterocycles. The Morgan fingerprint density at radius 2 is 1.35 bits per heavy atom. The van der Waals surface area contributed by atoms with Gasteiger partial charge in [-0.3, -0.25) is 0 Å². The molecule has 2 heteroatoms. The van der Waals surface area contributed by atoms with Crippen molar-refractivity contribution >= 4 is 0 Å². The van der Waals surface area contributed by atoms with Gasteiger partial charge in [-0.25, -0.2) is 0 Å². The first-order valence-corrected chi connectivity index (χ1v) is 10.2. The maximum absolute atomic E-state index is 5.82. The topological polar surface area (TPSA) is 18.5 Å². The standard InChI is InChI=1S/C24H30O2/c1-18-3-5-19(6-4-18)17-20-7-9-21(10-8-20)22-11-13-23(14-12-22)24-25-15-2-16-26-24/h3-10,22-24H,2,11-17H2,1H3. The molecule has 0 bridgehead atoms. The second-order valence-electron chi connectivity index (χ2n) is 7.98. The molecule has 4 rings (SSSR count). The minimum absolute atomic E-state index is 0.0570. The molecule has 2 aromatic rings. The van der Waals surface area contributed by atoms with Gasteiger partial charge in [0.2, 0.25) is 0 Å². The maximum Gasteiger partial charge on any atom is 0.160 e. The highest BCUT2D eigenvalue weighted by atomic mass is 16.7. The minimum Gasteiger partial charge on any atom is -0.352 e. The van der Waals surface area contributed by atoms with Crippen molar-refractivity contribution in [2.24, 2.45) is 5.92 Å². The fourth-order valence-corrected chi connectivity index (χ4v) is 4.35. The molecule has 0 atom stereocenters. The number of benzene rings is 2. The van der Waals surface area contributed by atoms with Crippen LogP contribution in [0.15, 0.2) is 48.5 Å². The van der Waals surface area contributed by atoms with Crippen molar-refractivity contribution in [3.05, 3.63) is 70.8 Å². The van der Waals surface area contributed by atoms with E-state index in [1.165, 1.54) is 47.9 Å². The van der Waals surface area contributed by atoms with Crippen LogP contribution in [-0.2, 0) is 15.9 Å². The van der Waals surface area contributed by atoms with Crippen LogP contribution in [0.2, 0.25) is 0 Å². The van der Waals surface area contributed by atoms with Crippen LogP contribution in [0.4, 0.5) is 0 Å². The molecule has 2 nitrogen and oxygen atoms in total. The first-order valence-electron chi connectivity index (χ1n) is 10.2. The summed E-state index contributed by atoms with van der Waals surface area (Å²) in [6.07, 6.45) is 7.07. The molecule has 0 unspecified atom stereocenters. The Morgan fingerprint density at radius 1 is 0.769 bits per heavy atom. The van der Waals surface area contributed by atoms with Crippen LogP contribution >= 0.6 is 0 Å². The second-order valence-corrected chi connectivity index (χ2v) is 7.98. The smallest absolute Gasteiger partial charge is 0.160 e. The largest absolute Gasteiger partial charge is 0.352 e. The van der Waals surface area contributed by atoms with Gasteiger partial charge in [-0.2, -0.15) is 0 Å². The Hall–Kier alpha value is -1.64. The third-order valence-corrected chi connectivity index (χ3v) is 5.99. The van der Waals surface area contributed by atoms with E-state index in [0.717, 1.165) is 26.1 Å².